The van der Waals surface area contributed by atoms with E-state index >= 15 is 0 Å². The molecule has 1 aromatic rings. The Morgan fingerprint density at radius 1 is 1.40 bits per heavy atom. The van der Waals surface area contributed by atoms with Crippen molar-refractivity contribution in [1.82, 2.24) is 20.5 Å². The minimum atomic E-state index is -0.492. The van der Waals surface area contributed by atoms with Crippen LogP contribution in [-0.2, 0) is 11.3 Å². The molecule has 0 aliphatic carbocycles. The van der Waals surface area contributed by atoms with Gasteiger partial charge in [0.2, 0.25) is 0 Å². The Bertz CT molecular complexity index is 557. The Labute approximate surface area is 171 Å². The van der Waals surface area contributed by atoms with E-state index in [1.807, 2.05) is 46.6 Å². The molecule has 0 fully saturated rings. The summed E-state index contributed by atoms with van der Waals surface area (Å²) in [6.07, 6.45) is -0.422. The quantitative estimate of drug-likeness (QED) is 0.282. The summed E-state index contributed by atoms with van der Waals surface area (Å²) in [6.45, 7) is 11.9. The van der Waals surface area contributed by atoms with Crippen molar-refractivity contribution in [2.24, 2.45) is 4.99 Å². The van der Waals surface area contributed by atoms with Crippen molar-refractivity contribution in [2.45, 2.75) is 46.8 Å². The first-order valence-corrected chi connectivity index (χ1v) is 8.96. The molecule has 1 heterocycles. The number of hydrogen-bond acceptors (Lipinski definition) is 5. The molecule has 9 heteroatoms. The number of aromatic nitrogens is 1. The van der Waals surface area contributed by atoms with Crippen molar-refractivity contribution < 1.29 is 9.53 Å². The van der Waals surface area contributed by atoms with Gasteiger partial charge in [0.05, 0.1) is 23.8 Å². The Kier molecular flexibility index (Phi) is 11.0. The molecule has 0 saturated carbocycles. The molecule has 0 aromatic carbocycles. The summed E-state index contributed by atoms with van der Waals surface area (Å²) < 4.78 is 5.19. The van der Waals surface area contributed by atoms with E-state index in [4.69, 9.17) is 4.74 Å². The summed E-state index contributed by atoms with van der Waals surface area (Å²) in [5, 5.41) is 9.06. The highest BCUT2D eigenvalue weighted by Crippen LogP contribution is 2.09. The second-order valence-corrected chi connectivity index (χ2v) is 7.44. The van der Waals surface area contributed by atoms with Gasteiger partial charge in [-0.3, -0.25) is 4.99 Å². The molecule has 144 valence electrons. The molecule has 0 bridgehead atoms. The lowest BCUT2D eigenvalue weighted by molar-refractivity contribution is 0.0529. The van der Waals surface area contributed by atoms with Gasteiger partial charge in [-0.15, -0.1) is 35.3 Å². The minimum Gasteiger partial charge on any atom is -0.444 e. The summed E-state index contributed by atoms with van der Waals surface area (Å²) in [4.78, 5) is 22.6. The number of thiazole rings is 1. The number of carbonyl (C=O) groups excluding carboxylic acids is 1. The fourth-order valence-electron chi connectivity index (χ4n) is 1.90. The fourth-order valence-corrected chi connectivity index (χ4v) is 2.51. The van der Waals surface area contributed by atoms with Crippen LogP contribution in [-0.4, -0.2) is 54.2 Å². The summed E-state index contributed by atoms with van der Waals surface area (Å²) in [7, 11) is 1.97. The molecule has 0 aliphatic rings. The molecule has 0 radical (unpaired) electrons. The normalized spacial score (nSPS) is 11.5. The van der Waals surface area contributed by atoms with Crippen LogP contribution in [0, 0.1) is 6.92 Å². The molecule has 7 nitrogen and oxygen atoms in total. The zero-order valence-corrected chi connectivity index (χ0v) is 19.0. The highest BCUT2D eigenvalue weighted by Gasteiger charge is 2.15. The van der Waals surface area contributed by atoms with E-state index < -0.39 is 11.7 Å². The van der Waals surface area contributed by atoms with E-state index in [0.29, 0.717) is 19.6 Å². The molecule has 0 aliphatic heterocycles. The van der Waals surface area contributed by atoms with E-state index in [0.717, 1.165) is 23.2 Å². The van der Waals surface area contributed by atoms with Crippen LogP contribution in [0.25, 0.3) is 0 Å². The highest BCUT2D eigenvalue weighted by atomic mass is 127. The zero-order chi connectivity index (χ0) is 18.2. The van der Waals surface area contributed by atoms with Gasteiger partial charge in [0.15, 0.2) is 5.96 Å². The highest BCUT2D eigenvalue weighted by molar-refractivity contribution is 14.0. The van der Waals surface area contributed by atoms with Crippen molar-refractivity contribution in [3.63, 3.8) is 0 Å². The number of hydrogen-bond donors (Lipinski definition) is 2. The largest absolute Gasteiger partial charge is 0.444 e. The lowest BCUT2D eigenvalue weighted by atomic mass is 10.2. The van der Waals surface area contributed by atoms with E-state index in [-0.39, 0.29) is 24.0 Å². The maximum absolute atomic E-state index is 11.6. The lowest BCUT2D eigenvalue weighted by Crippen LogP contribution is -2.39. The standard InChI is InChI=1S/C16H29N5O2S.HI/c1-7-17-14(21(6)10-13-11-24-12(2)20-13)18-8-9-19-15(22)23-16(3,4)5;/h11H,7-10H2,1-6H3,(H,17,18)(H,19,22);1H. The van der Waals surface area contributed by atoms with Gasteiger partial charge in [0.1, 0.15) is 5.60 Å². The zero-order valence-electron chi connectivity index (χ0n) is 15.9. The molecular weight excluding hydrogens is 453 g/mol. The van der Waals surface area contributed by atoms with Crippen molar-refractivity contribution in [1.29, 1.82) is 0 Å². The minimum absolute atomic E-state index is 0. The summed E-state index contributed by atoms with van der Waals surface area (Å²) in [6, 6.07) is 0. The molecule has 25 heavy (non-hydrogen) atoms. The number of alkyl carbamates (subject to hydrolysis) is 1. The van der Waals surface area contributed by atoms with Crippen LogP contribution in [0.5, 0.6) is 0 Å². The fraction of sp³-hybridized carbons (Fsp3) is 0.688. The average Bonchev–Trinajstić information content (AvgIpc) is 2.85. The predicted molar refractivity (Wildman–Crippen MR) is 114 cm³/mol. The summed E-state index contributed by atoms with van der Waals surface area (Å²) in [5.41, 5.74) is 0.534. The van der Waals surface area contributed by atoms with Gasteiger partial charge in [-0.25, -0.2) is 9.78 Å². The number of nitrogens with zero attached hydrogens (tertiary/aromatic N) is 3. The van der Waals surface area contributed by atoms with Gasteiger partial charge >= 0.3 is 6.09 Å². The third-order valence-electron chi connectivity index (χ3n) is 2.80. The van der Waals surface area contributed by atoms with Crippen molar-refractivity contribution in [2.75, 3.05) is 26.7 Å². The molecule has 1 rings (SSSR count). The SMILES string of the molecule is CCNC(=NCCNC(=O)OC(C)(C)C)N(C)Cc1csc(C)n1.I. The smallest absolute Gasteiger partial charge is 0.407 e. The van der Waals surface area contributed by atoms with Gasteiger partial charge in [0.25, 0.3) is 0 Å². The van der Waals surface area contributed by atoms with E-state index in [2.05, 4.69) is 26.0 Å². The Hall–Kier alpha value is -1.10. The maximum Gasteiger partial charge on any atom is 0.407 e. The Morgan fingerprint density at radius 3 is 2.60 bits per heavy atom. The molecule has 1 aromatic heterocycles. The number of guanidine groups is 1. The van der Waals surface area contributed by atoms with Crippen LogP contribution in [0.15, 0.2) is 10.4 Å². The van der Waals surface area contributed by atoms with Gasteiger partial charge in [-0.05, 0) is 34.6 Å². The molecule has 1 amide bonds. The van der Waals surface area contributed by atoms with Crippen LogP contribution >= 0.6 is 35.3 Å². The van der Waals surface area contributed by atoms with Crippen LogP contribution in [0.1, 0.15) is 38.4 Å². The lowest BCUT2D eigenvalue weighted by Gasteiger charge is -2.21. The molecule has 2 N–H and O–H groups in total. The number of aliphatic imine (C=N–C) groups is 1. The number of aryl methyl sites for hydroxylation is 1. The van der Waals surface area contributed by atoms with Crippen LogP contribution in [0.2, 0.25) is 0 Å². The number of rotatable bonds is 6. The first-order chi connectivity index (χ1) is 11.2. The van der Waals surface area contributed by atoms with Crippen molar-refractivity contribution in [3.05, 3.63) is 16.1 Å². The summed E-state index contributed by atoms with van der Waals surface area (Å²) >= 11 is 1.64. The van der Waals surface area contributed by atoms with Gasteiger partial charge in [0, 0.05) is 25.5 Å². The van der Waals surface area contributed by atoms with Crippen molar-refractivity contribution in [3.8, 4) is 0 Å². The molecular formula is C16H30IN5O2S. The average molecular weight is 483 g/mol. The maximum atomic E-state index is 11.6. The summed E-state index contributed by atoms with van der Waals surface area (Å²) in [5.74, 6) is 0.786. The van der Waals surface area contributed by atoms with Gasteiger partial charge < -0.3 is 20.3 Å². The second kappa shape index (κ2) is 11.5. The second-order valence-electron chi connectivity index (χ2n) is 6.38. The molecule has 0 spiro atoms. The molecule has 0 unspecified atom stereocenters. The number of amides is 1. The van der Waals surface area contributed by atoms with E-state index in [1.54, 1.807) is 11.3 Å². The topological polar surface area (TPSA) is 78.8 Å². The molecule has 0 saturated heterocycles. The number of halogens is 1. The first-order valence-electron chi connectivity index (χ1n) is 8.08. The first kappa shape index (κ1) is 23.9. The van der Waals surface area contributed by atoms with Crippen LogP contribution in [0.4, 0.5) is 4.79 Å². The number of carbonyl (C=O) groups is 1. The van der Waals surface area contributed by atoms with Crippen LogP contribution in [0.3, 0.4) is 0 Å². The predicted octanol–water partition coefficient (Wildman–Crippen LogP) is 2.99. The Balaban J connectivity index is 0.00000576. The third kappa shape index (κ3) is 10.5. The molecule has 0 atom stereocenters. The Morgan fingerprint density at radius 2 is 2.08 bits per heavy atom. The van der Waals surface area contributed by atoms with Gasteiger partial charge in [-0.1, -0.05) is 0 Å². The van der Waals surface area contributed by atoms with E-state index in [9.17, 15) is 4.79 Å². The monoisotopic (exact) mass is 483 g/mol. The van der Waals surface area contributed by atoms with Crippen molar-refractivity contribution >= 4 is 47.4 Å². The van der Waals surface area contributed by atoms with Gasteiger partial charge in [-0.2, -0.15) is 0 Å². The van der Waals surface area contributed by atoms with E-state index in [1.165, 1.54) is 0 Å². The number of ether oxygens (including phenoxy) is 1. The van der Waals surface area contributed by atoms with Crippen LogP contribution < -0.4 is 10.6 Å². The third-order valence-corrected chi connectivity index (χ3v) is 3.63. The number of nitrogens with one attached hydrogen (secondary N) is 2.